The second-order valence-electron chi connectivity index (χ2n) is 4.83. The Morgan fingerprint density at radius 2 is 1.82 bits per heavy atom. The summed E-state index contributed by atoms with van der Waals surface area (Å²) in [7, 11) is 1.55. The van der Waals surface area contributed by atoms with Crippen molar-refractivity contribution in [3.8, 4) is 5.75 Å². The van der Waals surface area contributed by atoms with Crippen LogP contribution in [0.15, 0.2) is 60.7 Å². The van der Waals surface area contributed by atoms with Gasteiger partial charge in [-0.2, -0.15) is 0 Å². The molecule has 110 valence electrons. The summed E-state index contributed by atoms with van der Waals surface area (Å²) in [5.74, 6) is 0.405. The number of halogens is 1. The minimum atomic E-state index is -0.168. The van der Waals surface area contributed by atoms with Crippen LogP contribution in [-0.2, 0) is 0 Å². The van der Waals surface area contributed by atoms with E-state index in [-0.39, 0.29) is 5.91 Å². The molecule has 0 fully saturated rings. The van der Waals surface area contributed by atoms with E-state index in [4.69, 9.17) is 16.3 Å². The molecule has 0 spiro atoms. The molecule has 0 bridgehead atoms. The van der Waals surface area contributed by atoms with Gasteiger partial charge in [-0.3, -0.25) is 4.79 Å². The van der Waals surface area contributed by atoms with E-state index in [1.54, 1.807) is 25.3 Å². The molecule has 0 aliphatic heterocycles. The highest BCUT2D eigenvalue weighted by molar-refractivity contribution is 6.32. The summed E-state index contributed by atoms with van der Waals surface area (Å²) in [5.41, 5.74) is 1.26. The molecule has 22 heavy (non-hydrogen) atoms. The number of nitrogens with one attached hydrogen (secondary N) is 1. The molecule has 3 nitrogen and oxygen atoms in total. The van der Waals surface area contributed by atoms with Crippen LogP contribution in [0.5, 0.6) is 5.75 Å². The van der Waals surface area contributed by atoms with E-state index < -0.39 is 0 Å². The number of carbonyl (C=O) groups is 1. The van der Waals surface area contributed by atoms with Crippen molar-refractivity contribution in [2.45, 2.75) is 0 Å². The predicted molar refractivity (Wildman–Crippen MR) is 89.9 cm³/mol. The zero-order chi connectivity index (χ0) is 15.5. The highest BCUT2D eigenvalue weighted by Gasteiger charge is 2.11. The fourth-order valence-corrected chi connectivity index (χ4v) is 2.62. The third-order valence-corrected chi connectivity index (χ3v) is 3.74. The van der Waals surface area contributed by atoms with Gasteiger partial charge in [0.25, 0.3) is 5.91 Å². The average molecular weight is 312 g/mol. The lowest BCUT2D eigenvalue weighted by Crippen LogP contribution is -2.12. The molecular formula is C18H14ClNO2. The van der Waals surface area contributed by atoms with E-state index in [9.17, 15) is 4.79 Å². The van der Waals surface area contributed by atoms with Crippen molar-refractivity contribution in [2.24, 2.45) is 0 Å². The van der Waals surface area contributed by atoms with Gasteiger partial charge in [0.2, 0.25) is 0 Å². The van der Waals surface area contributed by atoms with Crippen LogP contribution < -0.4 is 10.1 Å². The summed E-state index contributed by atoms with van der Waals surface area (Å²) in [6, 6.07) is 18.6. The highest BCUT2D eigenvalue weighted by Crippen LogP contribution is 2.28. The number of carbonyl (C=O) groups excluding carboxylic acids is 1. The number of anilines is 1. The lowest BCUT2D eigenvalue weighted by Gasteiger charge is -2.10. The lowest BCUT2D eigenvalue weighted by atomic mass is 10.0. The zero-order valence-corrected chi connectivity index (χ0v) is 12.7. The fourth-order valence-electron chi connectivity index (χ4n) is 2.37. The fraction of sp³-hybridized carbons (Fsp3) is 0.0556. The standard InChI is InChI=1S/C18H14ClNO2/c1-22-17-10-9-13(11-16(17)19)20-18(21)15-8-4-6-12-5-2-3-7-14(12)15/h2-11H,1H3,(H,20,21). The van der Waals surface area contributed by atoms with Crippen LogP contribution in [0.25, 0.3) is 10.8 Å². The van der Waals surface area contributed by atoms with Gasteiger partial charge in [-0.25, -0.2) is 0 Å². The van der Waals surface area contributed by atoms with Gasteiger partial charge in [0.15, 0.2) is 0 Å². The second kappa shape index (κ2) is 6.08. The maximum Gasteiger partial charge on any atom is 0.256 e. The molecule has 0 radical (unpaired) electrons. The minimum Gasteiger partial charge on any atom is -0.495 e. The molecule has 0 unspecified atom stereocenters. The van der Waals surface area contributed by atoms with Crippen molar-refractivity contribution in [1.82, 2.24) is 0 Å². The summed E-state index contributed by atoms with van der Waals surface area (Å²) in [4.78, 5) is 12.5. The number of amides is 1. The number of hydrogen-bond donors (Lipinski definition) is 1. The van der Waals surface area contributed by atoms with Crippen molar-refractivity contribution >= 4 is 34.0 Å². The SMILES string of the molecule is COc1ccc(NC(=O)c2cccc3ccccc23)cc1Cl. The maximum absolute atomic E-state index is 12.5. The van der Waals surface area contributed by atoms with E-state index >= 15 is 0 Å². The molecule has 1 N–H and O–H groups in total. The Morgan fingerprint density at radius 3 is 2.59 bits per heavy atom. The third-order valence-electron chi connectivity index (χ3n) is 3.44. The van der Waals surface area contributed by atoms with Crippen molar-refractivity contribution in [2.75, 3.05) is 12.4 Å². The molecule has 1 amide bonds. The summed E-state index contributed by atoms with van der Waals surface area (Å²) in [5, 5.41) is 5.27. The summed E-state index contributed by atoms with van der Waals surface area (Å²) < 4.78 is 5.10. The quantitative estimate of drug-likeness (QED) is 0.757. The molecule has 0 saturated heterocycles. The summed E-state index contributed by atoms with van der Waals surface area (Å²) in [6.45, 7) is 0. The molecule has 3 rings (SSSR count). The van der Waals surface area contributed by atoms with E-state index in [1.165, 1.54) is 0 Å². The van der Waals surface area contributed by atoms with Crippen molar-refractivity contribution in [3.63, 3.8) is 0 Å². The largest absolute Gasteiger partial charge is 0.495 e. The van der Waals surface area contributed by atoms with Gasteiger partial charge < -0.3 is 10.1 Å². The van der Waals surface area contributed by atoms with Crippen LogP contribution in [-0.4, -0.2) is 13.0 Å². The Bertz CT molecular complexity index is 840. The van der Waals surface area contributed by atoms with Gasteiger partial charge in [0.1, 0.15) is 5.75 Å². The molecule has 4 heteroatoms. The molecule has 3 aromatic carbocycles. The average Bonchev–Trinajstić information content (AvgIpc) is 2.54. The molecular weight excluding hydrogens is 298 g/mol. The number of rotatable bonds is 3. The topological polar surface area (TPSA) is 38.3 Å². The molecule has 0 atom stereocenters. The minimum absolute atomic E-state index is 0.168. The highest BCUT2D eigenvalue weighted by atomic mass is 35.5. The number of hydrogen-bond acceptors (Lipinski definition) is 2. The van der Waals surface area contributed by atoms with Crippen LogP contribution in [0.1, 0.15) is 10.4 Å². The lowest BCUT2D eigenvalue weighted by molar-refractivity contribution is 0.102. The molecule has 0 saturated carbocycles. The van der Waals surface area contributed by atoms with Gasteiger partial charge in [-0.15, -0.1) is 0 Å². The van der Waals surface area contributed by atoms with Crippen LogP contribution in [0.4, 0.5) is 5.69 Å². The van der Waals surface area contributed by atoms with Gasteiger partial charge >= 0.3 is 0 Å². The molecule has 0 heterocycles. The first-order valence-electron chi connectivity index (χ1n) is 6.81. The molecule has 0 aliphatic carbocycles. The van der Waals surface area contributed by atoms with Crippen LogP contribution in [0, 0.1) is 0 Å². The van der Waals surface area contributed by atoms with Crippen molar-refractivity contribution in [1.29, 1.82) is 0 Å². The Labute approximate surface area is 133 Å². The first-order valence-corrected chi connectivity index (χ1v) is 7.19. The molecule has 0 aliphatic rings. The smallest absolute Gasteiger partial charge is 0.256 e. The summed E-state index contributed by atoms with van der Waals surface area (Å²) in [6.07, 6.45) is 0. The zero-order valence-electron chi connectivity index (χ0n) is 12.0. The Balaban J connectivity index is 1.92. The van der Waals surface area contributed by atoms with Crippen molar-refractivity contribution < 1.29 is 9.53 Å². The third kappa shape index (κ3) is 2.76. The van der Waals surface area contributed by atoms with Gasteiger partial charge in [-0.1, -0.05) is 48.0 Å². The van der Waals surface area contributed by atoms with E-state index in [0.717, 1.165) is 10.8 Å². The van der Waals surface area contributed by atoms with Crippen LogP contribution >= 0.6 is 11.6 Å². The normalized spacial score (nSPS) is 10.5. The number of fused-ring (bicyclic) bond motifs is 1. The van der Waals surface area contributed by atoms with Gasteiger partial charge in [-0.05, 0) is 35.0 Å². The number of benzene rings is 3. The second-order valence-corrected chi connectivity index (χ2v) is 5.24. The Hall–Kier alpha value is -2.52. The van der Waals surface area contributed by atoms with Gasteiger partial charge in [0.05, 0.1) is 12.1 Å². The predicted octanol–water partition coefficient (Wildman–Crippen LogP) is 4.75. The van der Waals surface area contributed by atoms with E-state index in [0.29, 0.717) is 22.0 Å². The van der Waals surface area contributed by atoms with Gasteiger partial charge in [0, 0.05) is 11.3 Å². The maximum atomic E-state index is 12.5. The Morgan fingerprint density at radius 1 is 1.05 bits per heavy atom. The van der Waals surface area contributed by atoms with Crippen molar-refractivity contribution in [3.05, 3.63) is 71.2 Å². The van der Waals surface area contributed by atoms with Crippen LogP contribution in [0.3, 0.4) is 0 Å². The first kappa shape index (κ1) is 14.4. The molecule has 0 aromatic heterocycles. The van der Waals surface area contributed by atoms with E-state index in [2.05, 4.69) is 5.32 Å². The first-order chi connectivity index (χ1) is 10.7. The number of ether oxygens (including phenoxy) is 1. The Kier molecular flexibility index (Phi) is 3.98. The molecule has 3 aromatic rings. The number of methoxy groups -OCH3 is 1. The monoisotopic (exact) mass is 311 g/mol. The summed E-state index contributed by atoms with van der Waals surface area (Å²) >= 11 is 6.08. The van der Waals surface area contributed by atoms with Crippen LogP contribution in [0.2, 0.25) is 5.02 Å². The van der Waals surface area contributed by atoms with E-state index in [1.807, 2.05) is 42.5 Å².